The van der Waals surface area contributed by atoms with Gasteiger partial charge in [-0.1, -0.05) is 17.7 Å². The number of rotatable bonds is 12. The van der Waals surface area contributed by atoms with Crippen LogP contribution in [-0.2, 0) is 40.5 Å². The summed E-state index contributed by atoms with van der Waals surface area (Å²) in [6, 6.07) is 13.5. The summed E-state index contributed by atoms with van der Waals surface area (Å²) in [5.41, 5.74) is 3.45. The van der Waals surface area contributed by atoms with E-state index in [1.165, 1.54) is 6.07 Å². The minimum Gasteiger partial charge on any atom is -0.396 e. The van der Waals surface area contributed by atoms with Gasteiger partial charge in [-0.05, 0) is 78.4 Å². The molecule has 0 bridgehead atoms. The lowest BCUT2D eigenvalue weighted by molar-refractivity contribution is 0.106. The average Bonchev–Trinajstić information content (AvgIpc) is 3.12. The van der Waals surface area contributed by atoms with Gasteiger partial charge in [-0.3, -0.25) is 28.4 Å². The van der Waals surface area contributed by atoms with Crippen molar-refractivity contribution in [2.45, 2.75) is 14.7 Å². The third-order valence-corrected chi connectivity index (χ3v) is 11.5. The number of ketones is 1. The van der Waals surface area contributed by atoms with Crippen LogP contribution in [0.1, 0.15) is 15.9 Å². The zero-order chi connectivity index (χ0) is 43.9. The number of anilines is 6. The normalized spacial score (nSPS) is 14.2. The van der Waals surface area contributed by atoms with E-state index in [0.29, 0.717) is 22.9 Å². The number of halogens is 2. The number of hydrogen-bond donors (Lipinski definition) is 8. The SMILES string of the molecule is Nc1c(/N=N/c2ccc(S(=O)(=O)O)cc2)c(S(=O)(=O)O)cc2c1C(=O)/C(=N\Nc1cc(Nc3nc(F)nc(Nc4cccc(Cl)c4)n3)ccc1S(=O)(=O)O)C(S(=O)(=O)O)=C2. The van der Waals surface area contributed by atoms with E-state index in [0.717, 1.165) is 42.5 Å². The highest BCUT2D eigenvalue weighted by Gasteiger charge is 2.37. The molecule has 0 atom stereocenters. The van der Waals surface area contributed by atoms with Gasteiger partial charge in [-0.15, -0.1) is 5.11 Å². The zero-order valence-corrected chi connectivity index (χ0v) is 33.1. The van der Waals surface area contributed by atoms with Gasteiger partial charge in [0.1, 0.15) is 20.4 Å². The number of nitrogen functional groups attached to an aromatic ring is 1. The van der Waals surface area contributed by atoms with Crippen molar-refractivity contribution in [1.82, 2.24) is 15.0 Å². The Bertz CT molecular complexity index is 3190. The molecule has 1 aliphatic rings. The Labute approximate surface area is 342 Å². The largest absolute Gasteiger partial charge is 0.396 e. The molecular formula is C31H22ClFN10O13S4. The Kier molecular flexibility index (Phi) is 11.5. The molecule has 0 saturated carbocycles. The molecule has 0 spiro atoms. The lowest BCUT2D eigenvalue weighted by Crippen LogP contribution is -2.28. The van der Waals surface area contributed by atoms with Gasteiger partial charge in [0.15, 0.2) is 5.71 Å². The number of nitrogens with zero attached hydrogens (tertiary/aromatic N) is 6. The monoisotopic (exact) mass is 924 g/mol. The van der Waals surface area contributed by atoms with Gasteiger partial charge < -0.3 is 16.4 Å². The first-order valence-electron chi connectivity index (χ1n) is 15.7. The van der Waals surface area contributed by atoms with Crippen molar-refractivity contribution in [3.05, 3.63) is 99.9 Å². The summed E-state index contributed by atoms with van der Waals surface area (Å²) in [5.74, 6) is -2.19. The second kappa shape index (κ2) is 16.0. The summed E-state index contributed by atoms with van der Waals surface area (Å²) < 4.78 is 151. The standard InChI is InChI=1S/C31H22ClFN10O13S4/c32-15-2-1-3-17(12-15)35-30-37-29(33)38-31(39-30)36-18-6-9-21(58(48,49)50)20(13-18)41-43-27-23(60(54,55)56)11-14-10-22(59(51,52)53)26(25(34)24(14)28(27)44)42-40-16-4-7-19(8-5-16)57(45,46)47/h1-13,41H,34H2,(H,45,46,47)(H,48,49,50)(H,51,52,53)(H,54,55,56)(H2,35,36,37,38,39)/b42-40+,43-27-. The lowest BCUT2D eigenvalue weighted by atomic mass is 9.92. The highest BCUT2D eigenvalue weighted by atomic mass is 35.5. The molecule has 1 aliphatic carbocycles. The summed E-state index contributed by atoms with van der Waals surface area (Å²) >= 11 is 5.98. The molecule has 0 amide bonds. The first-order chi connectivity index (χ1) is 27.9. The van der Waals surface area contributed by atoms with E-state index >= 15 is 0 Å². The maximum atomic E-state index is 14.4. The number of benzene rings is 4. The molecular weight excluding hydrogens is 903 g/mol. The van der Waals surface area contributed by atoms with Crippen LogP contribution in [0.5, 0.6) is 0 Å². The van der Waals surface area contributed by atoms with Crippen LogP contribution >= 0.6 is 11.6 Å². The Morgan fingerprint density at radius 2 is 1.32 bits per heavy atom. The maximum Gasteiger partial charge on any atom is 0.315 e. The number of allylic oxidation sites excluding steroid dienone is 1. The first kappa shape index (κ1) is 43.2. The number of azo groups is 1. The summed E-state index contributed by atoms with van der Waals surface area (Å²) in [6.45, 7) is 0. The fourth-order valence-electron chi connectivity index (χ4n) is 5.21. The maximum absolute atomic E-state index is 14.4. The van der Waals surface area contributed by atoms with Crippen LogP contribution in [0.4, 0.5) is 50.4 Å². The van der Waals surface area contributed by atoms with Gasteiger partial charge >= 0.3 is 6.08 Å². The quantitative estimate of drug-likeness (QED) is 0.0361. The van der Waals surface area contributed by atoms with Crippen LogP contribution in [0.2, 0.25) is 5.02 Å². The van der Waals surface area contributed by atoms with Gasteiger partial charge in [0, 0.05) is 16.4 Å². The van der Waals surface area contributed by atoms with Gasteiger partial charge in [0.2, 0.25) is 17.7 Å². The predicted molar refractivity (Wildman–Crippen MR) is 210 cm³/mol. The van der Waals surface area contributed by atoms with Gasteiger partial charge in [-0.2, -0.15) is 63.2 Å². The van der Waals surface area contributed by atoms with E-state index in [9.17, 15) is 61.1 Å². The molecule has 29 heteroatoms. The Morgan fingerprint density at radius 1 is 0.700 bits per heavy atom. The number of aromatic nitrogens is 3. The minimum absolute atomic E-state index is 0.125. The van der Waals surface area contributed by atoms with Gasteiger partial charge in [-0.25, -0.2) is 0 Å². The van der Waals surface area contributed by atoms with Crippen LogP contribution in [0.3, 0.4) is 0 Å². The molecule has 60 heavy (non-hydrogen) atoms. The topological polar surface area (TPSA) is 372 Å². The number of hydrazone groups is 1. The van der Waals surface area contributed by atoms with Crippen molar-refractivity contribution in [2.24, 2.45) is 15.3 Å². The van der Waals surface area contributed by atoms with Crippen molar-refractivity contribution in [3.8, 4) is 0 Å². The summed E-state index contributed by atoms with van der Waals surface area (Å²) in [4.78, 5) is 21.2. The number of hydrogen-bond acceptors (Lipinski definition) is 19. The Hall–Kier alpha value is -6.37. The van der Waals surface area contributed by atoms with Crippen molar-refractivity contribution in [1.29, 1.82) is 0 Å². The average molecular weight is 925 g/mol. The van der Waals surface area contributed by atoms with E-state index in [-0.39, 0.29) is 17.3 Å². The van der Waals surface area contributed by atoms with Crippen molar-refractivity contribution < 1.29 is 61.1 Å². The Balaban J connectivity index is 1.41. The smallest absolute Gasteiger partial charge is 0.315 e. The molecule has 0 radical (unpaired) electrons. The molecule has 1 heterocycles. The van der Waals surface area contributed by atoms with E-state index in [1.807, 2.05) is 0 Å². The molecule has 0 fully saturated rings. The molecule has 0 aliphatic heterocycles. The number of fused-ring (bicyclic) bond motifs is 1. The van der Waals surface area contributed by atoms with Crippen molar-refractivity contribution >= 4 is 116 Å². The molecule has 4 aromatic carbocycles. The number of Topliss-reactive ketones (excluding diaryl/α,β-unsaturated/α-hetero) is 1. The summed E-state index contributed by atoms with van der Waals surface area (Å²) in [6.07, 6.45) is -0.725. The van der Waals surface area contributed by atoms with Crippen molar-refractivity contribution in [3.63, 3.8) is 0 Å². The van der Waals surface area contributed by atoms with E-state index in [4.69, 9.17) is 17.3 Å². The third-order valence-electron chi connectivity index (χ3n) is 7.74. The van der Waals surface area contributed by atoms with Crippen molar-refractivity contribution in [2.75, 3.05) is 21.8 Å². The molecule has 0 saturated heterocycles. The summed E-state index contributed by atoms with van der Waals surface area (Å²) in [7, 11) is -20.5. The van der Waals surface area contributed by atoms with Crippen LogP contribution in [-0.4, -0.2) is 78.3 Å². The van der Waals surface area contributed by atoms with Crippen LogP contribution in [0, 0.1) is 6.08 Å². The molecule has 0 unspecified atom stereocenters. The fraction of sp³-hybridized carbons (Fsp3) is 0. The lowest BCUT2D eigenvalue weighted by Gasteiger charge is -2.20. The number of carbonyl (C=O) groups excluding carboxylic acids is 1. The molecule has 23 nitrogen and oxygen atoms in total. The Morgan fingerprint density at radius 3 is 1.88 bits per heavy atom. The van der Waals surface area contributed by atoms with E-state index in [2.05, 4.69) is 46.3 Å². The first-order valence-corrected chi connectivity index (χ1v) is 21.9. The van der Waals surface area contributed by atoms with Crippen LogP contribution in [0.15, 0.2) is 108 Å². The van der Waals surface area contributed by atoms with Gasteiger partial charge in [0.25, 0.3) is 40.5 Å². The highest BCUT2D eigenvalue weighted by molar-refractivity contribution is 7.91. The minimum atomic E-state index is -5.44. The molecule has 1 aromatic heterocycles. The summed E-state index contributed by atoms with van der Waals surface area (Å²) in [5, 5.41) is 16.7. The molecule has 9 N–H and O–H groups in total. The van der Waals surface area contributed by atoms with Gasteiger partial charge in [0.05, 0.1) is 27.5 Å². The van der Waals surface area contributed by atoms with Crippen LogP contribution in [0.25, 0.3) is 6.08 Å². The predicted octanol–water partition coefficient (Wildman–Crippen LogP) is 4.78. The molecule has 312 valence electrons. The molecule has 5 aromatic rings. The number of carbonyl (C=O) groups is 1. The third kappa shape index (κ3) is 9.73. The highest BCUT2D eigenvalue weighted by Crippen LogP contribution is 2.41. The van der Waals surface area contributed by atoms with E-state index < -0.39 is 112 Å². The second-order valence-corrected chi connectivity index (χ2v) is 17.9. The zero-order valence-electron chi connectivity index (χ0n) is 29.1. The fourth-order valence-corrected chi connectivity index (χ4v) is 7.84. The van der Waals surface area contributed by atoms with E-state index in [1.54, 1.807) is 18.2 Å². The number of nitrogens with one attached hydrogen (secondary N) is 3. The number of nitrogens with two attached hydrogens (primary N) is 1. The molecule has 6 rings (SSSR count). The van der Waals surface area contributed by atoms with Crippen LogP contribution < -0.4 is 21.8 Å². The second-order valence-electron chi connectivity index (χ2n) is 11.8.